The smallest absolute Gasteiger partial charge is 0.228 e. The van der Waals surface area contributed by atoms with Crippen LogP contribution in [0.1, 0.15) is 48.4 Å². The van der Waals surface area contributed by atoms with E-state index >= 15 is 0 Å². The highest BCUT2D eigenvalue weighted by Gasteiger charge is 2.14. The van der Waals surface area contributed by atoms with Crippen molar-refractivity contribution in [1.82, 2.24) is 15.0 Å². The molecule has 0 saturated carbocycles. The van der Waals surface area contributed by atoms with Gasteiger partial charge in [0.15, 0.2) is 12.0 Å². The lowest BCUT2D eigenvalue weighted by Gasteiger charge is -2.17. The highest BCUT2D eigenvalue weighted by Crippen LogP contribution is 2.19. The van der Waals surface area contributed by atoms with E-state index in [9.17, 15) is 4.39 Å². The summed E-state index contributed by atoms with van der Waals surface area (Å²) in [4.78, 5) is 14.6. The minimum Gasteiger partial charge on any atom is -0.368 e. The summed E-state index contributed by atoms with van der Waals surface area (Å²) >= 11 is 1.82. The van der Waals surface area contributed by atoms with Gasteiger partial charge in [0, 0.05) is 15.8 Å². The van der Waals surface area contributed by atoms with Gasteiger partial charge in [-0.2, -0.15) is 15.0 Å². The molecule has 2 unspecified atom stereocenters. The average Bonchev–Trinajstić information content (AvgIpc) is 2.88. The maximum absolute atomic E-state index is 13.4. The molecule has 0 radical (unpaired) electrons. The predicted molar refractivity (Wildman–Crippen MR) is 88.8 cm³/mol. The number of nitrogens with two attached hydrogens (primary N) is 1. The summed E-state index contributed by atoms with van der Waals surface area (Å²) in [5, 5.41) is 3.24. The second-order valence-electron chi connectivity index (χ2n) is 5.29. The molecule has 0 aromatic carbocycles. The van der Waals surface area contributed by atoms with E-state index in [2.05, 4.69) is 46.2 Å². The number of rotatable bonds is 7. The Kier molecular flexibility index (Phi) is 5.65. The zero-order valence-corrected chi connectivity index (χ0v) is 14.0. The number of halogens is 1. The lowest BCUT2D eigenvalue weighted by Crippen LogP contribution is -2.22. The van der Waals surface area contributed by atoms with E-state index in [0.29, 0.717) is 5.95 Å². The fourth-order valence-corrected chi connectivity index (χ4v) is 3.05. The first kappa shape index (κ1) is 16.6. The Balaban J connectivity index is 2.00. The molecule has 120 valence electrons. The van der Waals surface area contributed by atoms with E-state index in [-0.39, 0.29) is 17.8 Å². The first-order valence-corrected chi connectivity index (χ1v) is 8.27. The summed E-state index contributed by atoms with van der Waals surface area (Å²) < 4.78 is 13.4. The molecule has 7 heteroatoms. The molecule has 0 aliphatic carbocycles. The van der Waals surface area contributed by atoms with Crippen molar-refractivity contribution < 1.29 is 4.39 Å². The predicted octanol–water partition coefficient (Wildman–Crippen LogP) is 3.68. The second-order valence-corrected chi connectivity index (χ2v) is 6.66. The Morgan fingerprint density at radius 3 is 2.68 bits per heavy atom. The number of nitrogen functional groups attached to an aromatic ring is 1. The molecule has 0 spiro atoms. The van der Waals surface area contributed by atoms with Gasteiger partial charge in [-0.25, -0.2) is 4.39 Å². The van der Waals surface area contributed by atoms with Crippen LogP contribution in [0.4, 0.5) is 16.3 Å². The van der Waals surface area contributed by atoms with Gasteiger partial charge in [0.1, 0.15) is 0 Å². The molecule has 0 aliphatic heterocycles. The second kappa shape index (κ2) is 7.49. The van der Waals surface area contributed by atoms with Gasteiger partial charge in [0.2, 0.25) is 11.9 Å². The van der Waals surface area contributed by atoms with Gasteiger partial charge in [0.05, 0.1) is 0 Å². The van der Waals surface area contributed by atoms with Gasteiger partial charge in [-0.15, -0.1) is 11.3 Å². The first-order chi connectivity index (χ1) is 10.5. The Bertz CT molecular complexity index is 614. The van der Waals surface area contributed by atoms with Crippen molar-refractivity contribution in [1.29, 1.82) is 0 Å². The van der Waals surface area contributed by atoms with Crippen LogP contribution < -0.4 is 11.1 Å². The summed E-state index contributed by atoms with van der Waals surface area (Å²) in [6.07, 6.45) is 1.62. The van der Waals surface area contributed by atoms with Crippen LogP contribution in [0.2, 0.25) is 0 Å². The van der Waals surface area contributed by atoms with E-state index in [0.717, 1.165) is 19.3 Å². The topological polar surface area (TPSA) is 76.7 Å². The molecule has 2 rings (SSSR count). The van der Waals surface area contributed by atoms with Gasteiger partial charge in [-0.1, -0.05) is 6.92 Å². The zero-order valence-electron chi connectivity index (χ0n) is 13.1. The minimum absolute atomic E-state index is 0.0423. The first-order valence-electron chi connectivity index (χ1n) is 7.45. The lowest BCUT2D eigenvalue weighted by molar-refractivity contribution is 0.356. The Labute approximate surface area is 134 Å². The van der Waals surface area contributed by atoms with Crippen molar-refractivity contribution in [2.75, 3.05) is 11.1 Å². The molecule has 2 heterocycles. The van der Waals surface area contributed by atoms with Crippen molar-refractivity contribution in [2.24, 2.45) is 0 Å². The van der Waals surface area contributed by atoms with Crippen LogP contribution in [0.3, 0.4) is 0 Å². The number of anilines is 2. The zero-order chi connectivity index (χ0) is 16.1. The van der Waals surface area contributed by atoms with Crippen molar-refractivity contribution in [3.63, 3.8) is 0 Å². The Hall–Kier alpha value is -1.76. The molecule has 2 aromatic heterocycles. The molecule has 0 amide bonds. The van der Waals surface area contributed by atoms with Crippen LogP contribution >= 0.6 is 11.3 Å². The highest BCUT2D eigenvalue weighted by atomic mass is 32.1. The molecule has 0 bridgehead atoms. The summed E-state index contributed by atoms with van der Waals surface area (Å²) in [7, 11) is 0. The lowest BCUT2D eigenvalue weighted by atomic mass is 10.1. The van der Waals surface area contributed by atoms with Gasteiger partial charge >= 0.3 is 0 Å². The van der Waals surface area contributed by atoms with Crippen LogP contribution in [-0.2, 0) is 6.42 Å². The molecule has 3 N–H and O–H groups in total. The molecule has 5 nitrogen and oxygen atoms in total. The molecule has 2 atom stereocenters. The number of aryl methyl sites for hydroxylation is 2. The highest BCUT2D eigenvalue weighted by molar-refractivity contribution is 7.11. The van der Waals surface area contributed by atoms with Crippen molar-refractivity contribution in [2.45, 2.75) is 52.2 Å². The SMILES string of the molecule is CCC(CCc1ccc(C)s1)Nc1nc(N)nc(C(C)F)n1. The van der Waals surface area contributed by atoms with E-state index in [1.807, 2.05) is 11.3 Å². The Morgan fingerprint density at radius 1 is 1.32 bits per heavy atom. The fourth-order valence-electron chi connectivity index (χ4n) is 2.15. The monoisotopic (exact) mass is 323 g/mol. The maximum Gasteiger partial charge on any atom is 0.228 e. The summed E-state index contributed by atoms with van der Waals surface area (Å²) in [6.45, 7) is 5.59. The molecular weight excluding hydrogens is 301 g/mol. The number of alkyl halides is 1. The summed E-state index contributed by atoms with van der Waals surface area (Å²) in [6, 6.07) is 4.51. The van der Waals surface area contributed by atoms with E-state index in [4.69, 9.17) is 5.73 Å². The van der Waals surface area contributed by atoms with Crippen molar-refractivity contribution in [3.8, 4) is 0 Å². The molecule has 0 saturated heterocycles. The third-order valence-electron chi connectivity index (χ3n) is 3.39. The summed E-state index contributed by atoms with van der Waals surface area (Å²) in [5.41, 5.74) is 5.61. The standard InChI is InChI=1S/C15H22FN5S/c1-4-11(6-8-12-7-5-9(2)22-12)18-15-20-13(10(3)16)19-14(17)21-15/h5,7,10-11H,4,6,8H2,1-3H3,(H3,17,18,19,20,21). The summed E-state index contributed by atoms with van der Waals surface area (Å²) in [5.74, 6) is 0.459. The Morgan fingerprint density at radius 2 is 2.09 bits per heavy atom. The largest absolute Gasteiger partial charge is 0.368 e. The van der Waals surface area contributed by atoms with Crippen LogP contribution in [0.25, 0.3) is 0 Å². The number of hydrogen-bond donors (Lipinski definition) is 2. The number of hydrogen-bond acceptors (Lipinski definition) is 6. The van der Waals surface area contributed by atoms with Crippen molar-refractivity contribution >= 4 is 23.2 Å². The van der Waals surface area contributed by atoms with Crippen LogP contribution in [0, 0.1) is 6.92 Å². The number of aromatic nitrogens is 3. The van der Waals surface area contributed by atoms with E-state index in [1.165, 1.54) is 16.7 Å². The normalized spacial score (nSPS) is 13.8. The quantitative estimate of drug-likeness (QED) is 0.813. The molecule has 0 aliphatic rings. The molecule has 2 aromatic rings. The molecule has 0 fully saturated rings. The van der Waals surface area contributed by atoms with Gasteiger partial charge in [-0.05, 0) is 45.2 Å². The van der Waals surface area contributed by atoms with Crippen LogP contribution in [0.15, 0.2) is 12.1 Å². The minimum atomic E-state index is -1.26. The van der Waals surface area contributed by atoms with E-state index in [1.54, 1.807) is 0 Å². The van der Waals surface area contributed by atoms with Crippen molar-refractivity contribution in [3.05, 3.63) is 27.7 Å². The molecular formula is C15H22FN5S. The van der Waals surface area contributed by atoms with Gasteiger partial charge in [0.25, 0.3) is 0 Å². The third-order valence-corrected chi connectivity index (χ3v) is 4.45. The fraction of sp³-hybridized carbons (Fsp3) is 0.533. The number of thiophene rings is 1. The molecule has 22 heavy (non-hydrogen) atoms. The maximum atomic E-state index is 13.4. The average molecular weight is 323 g/mol. The third kappa shape index (κ3) is 4.62. The number of nitrogens with one attached hydrogen (secondary N) is 1. The van der Waals surface area contributed by atoms with Crippen LogP contribution in [0.5, 0.6) is 0 Å². The van der Waals surface area contributed by atoms with Gasteiger partial charge in [-0.3, -0.25) is 0 Å². The van der Waals surface area contributed by atoms with E-state index < -0.39 is 6.17 Å². The van der Waals surface area contributed by atoms with Crippen LogP contribution in [-0.4, -0.2) is 21.0 Å². The number of nitrogens with zero attached hydrogens (tertiary/aromatic N) is 3. The van der Waals surface area contributed by atoms with Gasteiger partial charge < -0.3 is 11.1 Å².